The lowest BCUT2D eigenvalue weighted by Crippen LogP contribution is -2.37. The van der Waals surface area contributed by atoms with Gasteiger partial charge in [0.2, 0.25) is 5.91 Å². The predicted molar refractivity (Wildman–Crippen MR) is 123 cm³/mol. The first-order valence-corrected chi connectivity index (χ1v) is 10.6. The zero-order valence-corrected chi connectivity index (χ0v) is 18.1. The van der Waals surface area contributed by atoms with E-state index in [2.05, 4.69) is 11.2 Å². The van der Waals surface area contributed by atoms with E-state index in [9.17, 15) is 9.59 Å². The lowest BCUT2D eigenvalue weighted by molar-refractivity contribution is -0.131. The van der Waals surface area contributed by atoms with Crippen LogP contribution >= 0.6 is 0 Å². The minimum absolute atomic E-state index is 0.0488. The average Bonchev–Trinajstić information content (AvgIpc) is 3.42. The number of carbonyl (C=O) groups is 2. The van der Waals surface area contributed by atoms with Crippen LogP contribution in [-0.2, 0) is 11.3 Å². The molecule has 2 aromatic heterocycles. The van der Waals surface area contributed by atoms with E-state index in [1.165, 1.54) is 4.90 Å². The quantitative estimate of drug-likeness (QED) is 0.496. The maximum Gasteiger partial charge on any atom is 0.289 e. The standard InChI is InChI=1S/C25H24N4O3/c1-27(2)25(31)23-13-20-12-17(9-10-22(20)32-23)19-7-5-11-28(15-19)24(30)16-29-21-8-4-3-6-18(21)14-26-29/h3-4,6-10,12-14H,5,11,15-16H2,1-2H3. The number of amides is 2. The average molecular weight is 428 g/mol. The minimum Gasteiger partial charge on any atom is -0.451 e. The van der Waals surface area contributed by atoms with E-state index < -0.39 is 0 Å². The Morgan fingerprint density at radius 3 is 2.78 bits per heavy atom. The molecule has 162 valence electrons. The molecule has 0 aliphatic carbocycles. The van der Waals surface area contributed by atoms with Crippen LogP contribution in [0.15, 0.2) is 65.2 Å². The Morgan fingerprint density at radius 1 is 1.09 bits per heavy atom. The van der Waals surface area contributed by atoms with Crippen LogP contribution in [0.2, 0.25) is 0 Å². The molecule has 2 amide bonds. The molecule has 0 atom stereocenters. The fourth-order valence-corrected chi connectivity index (χ4v) is 4.11. The van der Waals surface area contributed by atoms with E-state index >= 15 is 0 Å². The summed E-state index contributed by atoms with van der Waals surface area (Å²) in [4.78, 5) is 28.6. The molecule has 0 spiro atoms. The van der Waals surface area contributed by atoms with E-state index in [4.69, 9.17) is 4.42 Å². The number of rotatable bonds is 4. The fourth-order valence-electron chi connectivity index (χ4n) is 4.11. The van der Waals surface area contributed by atoms with Gasteiger partial charge in [0.05, 0.1) is 11.7 Å². The van der Waals surface area contributed by atoms with Crippen LogP contribution < -0.4 is 0 Å². The number of aromatic nitrogens is 2. The summed E-state index contributed by atoms with van der Waals surface area (Å²) in [6.45, 7) is 1.46. The molecule has 0 radical (unpaired) electrons. The maximum atomic E-state index is 13.0. The number of nitrogens with zero attached hydrogens (tertiary/aromatic N) is 4. The summed E-state index contributed by atoms with van der Waals surface area (Å²) >= 11 is 0. The first-order chi connectivity index (χ1) is 15.5. The lowest BCUT2D eigenvalue weighted by Gasteiger charge is -2.28. The number of hydrogen-bond acceptors (Lipinski definition) is 4. The molecule has 7 nitrogen and oxygen atoms in total. The monoisotopic (exact) mass is 428 g/mol. The van der Waals surface area contributed by atoms with Crippen LogP contribution in [0.1, 0.15) is 22.5 Å². The Bertz CT molecular complexity index is 1360. The molecule has 5 rings (SSSR count). The number of carbonyl (C=O) groups excluding carboxylic acids is 2. The molecule has 4 aromatic rings. The SMILES string of the molecule is CN(C)C(=O)c1cc2cc(C3=CCCN(C(=O)Cn4ncc5ccccc54)C3)ccc2o1. The number of fused-ring (bicyclic) bond motifs is 2. The molecule has 2 aromatic carbocycles. The Hall–Kier alpha value is -3.87. The fraction of sp³-hybridized carbons (Fsp3) is 0.240. The van der Waals surface area contributed by atoms with Gasteiger partial charge < -0.3 is 14.2 Å². The minimum atomic E-state index is -0.164. The highest BCUT2D eigenvalue weighted by atomic mass is 16.3. The van der Waals surface area contributed by atoms with Gasteiger partial charge in [-0.3, -0.25) is 14.3 Å². The second-order valence-corrected chi connectivity index (χ2v) is 8.26. The molecule has 0 N–H and O–H groups in total. The van der Waals surface area contributed by atoms with Crippen LogP contribution in [0.4, 0.5) is 0 Å². The van der Waals surface area contributed by atoms with Gasteiger partial charge in [-0.15, -0.1) is 0 Å². The van der Waals surface area contributed by atoms with Crippen LogP contribution in [-0.4, -0.2) is 58.6 Å². The van der Waals surface area contributed by atoms with Gasteiger partial charge in [-0.25, -0.2) is 0 Å². The van der Waals surface area contributed by atoms with Crippen molar-refractivity contribution in [2.45, 2.75) is 13.0 Å². The Labute approximate surface area is 185 Å². The number of para-hydroxylation sites is 1. The van der Waals surface area contributed by atoms with Crippen molar-refractivity contribution in [3.8, 4) is 0 Å². The summed E-state index contributed by atoms with van der Waals surface area (Å²) in [7, 11) is 3.40. The highest BCUT2D eigenvalue weighted by molar-refractivity contribution is 5.96. The maximum absolute atomic E-state index is 13.0. The molecular weight excluding hydrogens is 404 g/mol. The summed E-state index contributed by atoms with van der Waals surface area (Å²) in [5, 5.41) is 6.29. The van der Waals surface area contributed by atoms with E-state index in [1.807, 2.05) is 47.4 Å². The number of benzene rings is 2. The smallest absolute Gasteiger partial charge is 0.289 e. The Morgan fingerprint density at radius 2 is 1.94 bits per heavy atom. The van der Waals surface area contributed by atoms with Gasteiger partial charge in [0.15, 0.2) is 5.76 Å². The number of furan rings is 1. The van der Waals surface area contributed by atoms with Crippen molar-refractivity contribution in [3.63, 3.8) is 0 Å². The molecule has 32 heavy (non-hydrogen) atoms. The van der Waals surface area contributed by atoms with E-state index in [0.717, 1.165) is 33.8 Å². The predicted octanol–water partition coefficient (Wildman–Crippen LogP) is 3.80. The lowest BCUT2D eigenvalue weighted by atomic mass is 10.00. The Balaban J connectivity index is 1.34. The molecule has 0 saturated carbocycles. The van der Waals surface area contributed by atoms with Gasteiger partial charge in [0.25, 0.3) is 5.91 Å². The summed E-state index contributed by atoms with van der Waals surface area (Å²) in [6.07, 6.45) is 4.77. The molecule has 1 aliphatic heterocycles. The van der Waals surface area contributed by atoms with Crippen molar-refractivity contribution in [2.75, 3.05) is 27.2 Å². The molecule has 1 aliphatic rings. The highest BCUT2D eigenvalue weighted by Gasteiger charge is 2.21. The highest BCUT2D eigenvalue weighted by Crippen LogP contribution is 2.27. The first kappa shape index (κ1) is 20.1. The third-order valence-electron chi connectivity index (χ3n) is 5.84. The van der Waals surface area contributed by atoms with Crippen molar-refractivity contribution < 1.29 is 14.0 Å². The van der Waals surface area contributed by atoms with Crippen molar-refractivity contribution in [2.24, 2.45) is 0 Å². The van der Waals surface area contributed by atoms with Crippen LogP contribution in [0.3, 0.4) is 0 Å². The molecule has 0 saturated heterocycles. The number of hydrogen-bond donors (Lipinski definition) is 0. The summed E-state index contributed by atoms with van der Waals surface area (Å²) < 4.78 is 7.46. The van der Waals surface area contributed by atoms with Gasteiger partial charge in [-0.05, 0) is 41.8 Å². The zero-order chi connectivity index (χ0) is 22.2. The summed E-state index contributed by atoms with van der Waals surface area (Å²) in [5.74, 6) is 0.207. The second kappa shape index (κ2) is 8.00. The summed E-state index contributed by atoms with van der Waals surface area (Å²) in [5.41, 5.74) is 3.76. The van der Waals surface area contributed by atoms with Crippen molar-refractivity contribution in [3.05, 3.63) is 72.1 Å². The second-order valence-electron chi connectivity index (χ2n) is 8.26. The van der Waals surface area contributed by atoms with Crippen molar-refractivity contribution in [1.29, 1.82) is 0 Å². The van der Waals surface area contributed by atoms with E-state index in [1.54, 1.807) is 31.0 Å². The molecule has 0 bridgehead atoms. The van der Waals surface area contributed by atoms with Gasteiger partial charge in [0, 0.05) is 38.0 Å². The van der Waals surface area contributed by atoms with Crippen LogP contribution in [0, 0.1) is 0 Å². The molecule has 0 fully saturated rings. The van der Waals surface area contributed by atoms with Gasteiger partial charge >= 0.3 is 0 Å². The molecule has 7 heteroatoms. The van der Waals surface area contributed by atoms with Crippen LogP contribution in [0.5, 0.6) is 0 Å². The molecule has 3 heterocycles. The zero-order valence-electron chi connectivity index (χ0n) is 18.1. The summed E-state index contributed by atoms with van der Waals surface area (Å²) in [6, 6.07) is 15.6. The van der Waals surface area contributed by atoms with Crippen molar-refractivity contribution >= 4 is 39.3 Å². The molecule has 0 unspecified atom stereocenters. The van der Waals surface area contributed by atoms with Gasteiger partial charge in [0.1, 0.15) is 12.1 Å². The van der Waals surface area contributed by atoms with Crippen LogP contribution in [0.25, 0.3) is 27.4 Å². The third kappa shape index (κ3) is 3.66. The van der Waals surface area contributed by atoms with Crippen molar-refractivity contribution in [1.82, 2.24) is 19.6 Å². The normalized spacial score (nSPS) is 14.1. The Kier molecular flexibility index (Phi) is 5.01. The molecular formula is C25H24N4O3. The first-order valence-electron chi connectivity index (χ1n) is 10.6. The largest absolute Gasteiger partial charge is 0.451 e. The van der Waals surface area contributed by atoms with Gasteiger partial charge in [-0.2, -0.15) is 5.10 Å². The third-order valence-corrected chi connectivity index (χ3v) is 5.84. The van der Waals surface area contributed by atoms with Gasteiger partial charge in [-0.1, -0.05) is 30.3 Å². The van der Waals surface area contributed by atoms with E-state index in [0.29, 0.717) is 24.4 Å². The van der Waals surface area contributed by atoms with E-state index in [-0.39, 0.29) is 18.4 Å². The topological polar surface area (TPSA) is 71.6 Å².